The average Bonchev–Trinajstić information content (AvgIpc) is 2.32. The predicted octanol–water partition coefficient (Wildman–Crippen LogP) is 0.918. The Morgan fingerprint density at radius 3 is 1.55 bits per heavy atom. The van der Waals surface area contributed by atoms with Gasteiger partial charge in [-0.1, -0.05) is 13.8 Å². The molecule has 2 nitrogen and oxygen atoms in total. The van der Waals surface area contributed by atoms with Gasteiger partial charge in [0.2, 0.25) is 0 Å². The summed E-state index contributed by atoms with van der Waals surface area (Å²) in [4.78, 5) is 0. The van der Waals surface area contributed by atoms with E-state index < -0.39 is 12.2 Å². The Balaban J connectivity index is 2.34. The Morgan fingerprint density at radius 1 is 1.00 bits per heavy atom. The van der Waals surface area contributed by atoms with Crippen molar-refractivity contribution in [1.82, 2.24) is 0 Å². The maximum absolute atomic E-state index is 9.66. The largest absolute Gasteiger partial charge is 0.390 e. The Hall–Kier alpha value is -0.0800. The lowest BCUT2D eigenvalue weighted by molar-refractivity contribution is -0.0671. The van der Waals surface area contributed by atoms with Gasteiger partial charge in [-0.3, -0.25) is 0 Å². The van der Waals surface area contributed by atoms with Crippen LogP contribution in [0.3, 0.4) is 0 Å². The molecule has 0 aliphatic heterocycles. The monoisotopic (exact) mass is 156 g/mol. The molecule has 64 valence electrons. The van der Waals surface area contributed by atoms with E-state index >= 15 is 0 Å². The molecule has 0 saturated heterocycles. The van der Waals surface area contributed by atoms with Gasteiger partial charge in [0.1, 0.15) is 0 Å². The first kappa shape index (κ1) is 7.56. The third kappa shape index (κ3) is 0.744. The summed E-state index contributed by atoms with van der Waals surface area (Å²) in [7, 11) is 0. The quantitative estimate of drug-likeness (QED) is 0.547. The minimum Gasteiger partial charge on any atom is -0.390 e. The molecule has 0 aromatic heterocycles. The fraction of sp³-hybridized carbons (Fsp3) is 1.00. The summed E-state index contributed by atoms with van der Waals surface area (Å²) < 4.78 is 0. The van der Waals surface area contributed by atoms with Gasteiger partial charge in [-0.15, -0.1) is 0 Å². The molecular formula is C9H16O2. The lowest BCUT2D eigenvalue weighted by Crippen LogP contribution is -2.41. The molecule has 0 aromatic rings. The Kier molecular flexibility index (Phi) is 1.24. The van der Waals surface area contributed by atoms with Crippen LogP contribution in [0.2, 0.25) is 0 Å². The van der Waals surface area contributed by atoms with Crippen molar-refractivity contribution in [2.24, 2.45) is 10.8 Å². The molecule has 4 atom stereocenters. The number of rotatable bonds is 0. The highest BCUT2D eigenvalue weighted by Crippen LogP contribution is 2.60. The van der Waals surface area contributed by atoms with Gasteiger partial charge in [-0.2, -0.15) is 0 Å². The van der Waals surface area contributed by atoms with Crippen LogP contribution in [-0.4, -0.2) is 22.4 Å². The van der Waals surface area contributed by atoms with Crippen molar-refractivity contribution < 1.29 is 10.2 Å². The topological polar surface area (TPSA) is 40.5 Å². The van der Waals surface area contributed by atoms with Crippen LogP contribution >= 0.6 is 0 Å². The first-order valence-corrected chi connectivity index (χ1v) is 4.34. The molecule has 0 heterocycles. The smallest absolute Gasteiger partial charge is 0.0858 e. The highest BCUT2D eigenvalue weighted by molar-refractivity contribution is 5.10. The van der Waals surface area contributed by atoms with Crippen LogP contribution in [-0.2, 0) is 0 Å². The minimum atomic E-state index is -0.485. The molecule has 2 heteroatoms. The summed E-state index contributed by atoms with van der Waals surface area (Å²) in [5.41, 5.74) is 0.0162. The molecule has 2 aliphatic carbocycles. The van der Waals surface area contributed by atoms with Crippen LogP contribution in [0.15, 0.2) is 0 Å². The summed E-state index contributed by atoms with van der Waals surface area (Å²) in [6.45, 7) is 4.16. The van der Waals surface area contributed by atoms with E-state index in [0.29, 0.717) is 0 Å². The van der Waals surface area contributed by atoms with Crippen molar-refractivity contribution in [3.8, 4) is 0 Å². The average molecular weight is 156 g/mol. The van der Waals surface area contributed by atoms with Crippen LogP contribution in [0, 0.1) is 10.8 Å². The fourth-order valence-corrected chi connectivity index (χ4v) is 2.94. The van der Waals surface area contributed by atoms with Gasteiger partial charge in [-0.05, 0) is 30.1 Å². The molecule has 2 fully saturated rings. The van der Waals surface area contributed by atoms with E-state index in [9.17, 15) is 10.2 Å². The van der Waals surface area contributed by atoms with E-state index in [1.165, 1.54) is 0 Å². The zero-order valence-corrected chi connectivity index (χ0v) is 7.17. The lowest BCUT2D eigenvalue weighted by atomic mass is 9.79. The second-order valence-electron chi connectivity index (χ2n) is 4.87. The van der Waals surface area contributed by atoms with Gasteiger partial charge in [0.15, 0.2) is 0 Å². The summed E-state index contributed by atoms with van der Waals surface area (Å²) in [5, 5.41) is 19.3. The Bertz CT molecular complexity index is 172. The minimum absolute atomic E-state index is 0.00810. The van der Waals surface area contributed by atoms with Crippen molar-refractivity contribution in [2.45, 2.75) is 45.3 Å². The normalized spacial score (nSPS) is 62.2. The first-order valence-electron chi connectivity index (χ1n) is 4.34. The maximum atomic E-state index is 9.66. The van der Waals surface area contributed by atoms with Gasteiger partial charge in [0, 0.05) is 0 Å². The lowest BCUT2D eigenvalue weighted by Gasteiger charge is -2.33. The molecule has 0 spiro atoms. The number of fused-ring (bicyclic) bond motifs is 2. The molecule has 4 unspecified atom stereocenters. The SMILES string of the molecule is CC12CCC(C)(C1)C(O)C2O. The molecule has 2 bridgehead atoms. The Labute approximate surface area is 67.2 Å². The van der Waals surface area contributed by atoms with Gasteiger partial charge >= 0.3 is 0 Å². The van der Waals surface area contributed by atoms with E-state index in [0.717, 1.165) is 19.3 Å². The summed E-state index contributed by atoms with van der Waals surface area (Å²) >= 11 is 0. The van der Waals surface area contributed by atoms with Crippen LogP contribution in [0.25, 0.3) is 0 Å². The van der Waals surface area contributed by atoms with E-state index in [4.69, 9.17) is 0 Å². The van der Waals surface area contributed by atoms with Crippen LogP contribution in [0.1, 0.15) is 33.1 Å². The fourth-order valence-electron chi connectivity index (χ4n) is 2.94. The number of aliphatic hydroxyl groups is 2. The zero-order valence-electron chi connectivity index (χ0n) is 7.17. The van der Waals surface area contributed by atoms with Gasteiger partial charge in [0.05, 0.1) is 12.2 Å². The first-order chi connectivity index (χ1) is 4.98. The zero-order chi connectivity index (χ0) is 8.28. The predicted molar refractivity (Wildman–Crippen MR) is 42.1 cm³/mol. The van der Waals surface area contributed by atoms with Crippen molar-refractivity contribution >= 4 is 0 Å². The number of hydrogen-bond donors (Lipinski definition) is 2. The van der Waals surface area contributed by atoms with E-state index in [-0.39, 0.29) is 10.8 Å². The van der Waals surface area contributed by atoms with E-state index in [1.54, 1.807) is 0 Å². The van der Waals surface area contributed by atoms with Crippen molar-refractivity contribution in [3.63, 3.8) is 0 Å². The second kappa shape index (κ2) is 1.80. The standard InChI is InChI=1S/C9H16O2/c1-8-3-4-9(2,5-8)7(11)6(8)10/h6-7,10-11H,3-5H2,1-2H3. The molecule has 2 N–H and O–H groups in total. The van der Waals surface area contributed by atoms with Gasteiger partial charge in [-0.25, -0.2) is 0 Å². The highest BCUT2D eigenvalue weighted by atomic mass is 16.3. The Morgan fingerprint density at radius 2 is 1.36 bits per heavy atom. The molecule has 11 heavy (non-hydrogen) atoms. The van der Waals surface area contributed by atoms with Gasteiger partial charge in [0.25, 0.3) is 0 Å². The van der Waals surface area contributed by atoms with Crippen LogP contribution < -0.4 is 0 Å². The molecule has 2 rings (SSSR count). The van der Waals surface area contributed by atoms with Crippen molar-refractivity contribution in [3.05, 3.63) is 0 Å². The number of hydrogen-bond acceptors (Lipinski definition) is 2. The molecular weight excluding hydrogens is 140 g/mol. The molecule has 0 aromatic carbocycles. The second-order valence-corrected chi connectivity index (χ2v) is 4.87. The van der Waals surface area contributed by atoms with E-state index in [1.807, 2.05) is 0 Å². The molecule has 0 radical (unpaired) electrons. The molecule has 2 aliphatic rings. The third-order valence-electron chi connectivity index (χ3n) is 3.80. The molecule has 2 saturated carbocycles. The maximum Gasteiger partial charge on any atom is 0.0858 e. The van der Waals surface area contributed by atoms with Crippen LogP contribution in [0.4, 0.5) is 0 Å². The third-order valence-corrected chi connectivity index (χ3v) is 3.80. The van der Waals surface area contributed by atoms with Gasteiger partial charge < -0.3 is 10.2 Å². The highest BCUT2D eigenvalue weighted by Gasteiger charge is 2.60. The molecule has 0 amide bonds. The van der Waals surface area contributed by atoms with Crippen LogP contribution in [0.5, 0.6) is 0 Å². The van der Waals surface area contributed by atoms with E-state index in [2.05, 4.69) is 13.8 Å². The number of aliphatic hydroxyl groups excluding tert-OH is 2. The van der Waals surface area contributed by atoms with Crippen molar-refractivity contribution in [1.29, 1.82) is 0 Å². The van der Waals surface area contributed by atoms with Crippen molar-refractivity contribution in [2.75, 3.05) is 0 Å². The summed E-state index contributed by atoms with van der Waals surface area (Å²) in [5.74, 6) is 0. The summed E-state index contributed by atoms with van der Waals surface area (Å²) in [6, 6.07) is 0. The summed E-state index contributed by atoms with van der Waals surface area (Å²) in [6.07, 6.45) is 2.16.